The lowest BCUT2D eigenvalue weighted by Crippen LogP contribution is -2.35. The maximum atomic E-state index is 14.4. The van der Waals surface area contributed by atoms with Gasteiger partial charge in [0, 0.05) is 29.3 Å². The number of hydrazone groups is 1. The van der Waals surface area contributed by atoms with Crippen molar-refractivity contribution in [2.75, 3.05) is 18.6 Å². The number of amides is 1. The highest BCUT2D eigenvalue weighted by Crippen LogP contribution is 2.32. The Bertz CT molecular complexity index is 1690. The Labute approximate surface area is 255 Å². The Morgan fingerprint density at radius 3 is 2.58 bits per heavy atom. The Kier molecular flexibility index (Phi) is 9.04. The lowest BCUT2D eigenvalue weighted by Gasteiger charge is -2.30. The fourth-order valence-electron chi connectivity index (χ4n) is 6.38. The second-order valence-corrected chi connectivity index (χ2v) is 12.3. The van der Waals surface area contributed by atoms with Crippen LogP contribution in [0.2, 0.25) is 0 Å². The Morgan fingerprint density at radius 1 is 1.05 bits per heavy atom. The zero-order valence-electron chi connectivity index (χ0n) is 24.8. The van der Waals surface area contributed by atoms with Gasteiger partial charge in [-0.15, -0.1) is 0 Å². The third kappa shape index (κ3) is 6.17. The van der Waals surface area contributed by atoms with Crippen LogP contribution in [0.5, 0.6) is 0 Å². The van der Waals surface area contributed by atoms with E-state index in [2.05, 4.69) is 64.1 Å². The number of aromatic nitrogens is 4. The summed E-state index contributed by atoms with van der Waals surface area (Å²) in [5, 5.41) is 8.94. The smallest absolute Gasteiger partial charge is 0.259 e. The number of aryl methyl sites for hydroxylation is 1. The zero-order valence-corrected chi connectivity index (χ0v) is 25.6. The van der Waals surface area contributed by atoms with Crippen molar-refractivity contribution < 1.29 is 9.53 Å². The Balaban J connectivity index is 1.38. The molecule has 2 aromatic heterocycles. The van der Waals surface area contributed by atoms with Crippen molar-refractivity contribution in [1.82, 2.24) is 24.6 Å². The molecule has 10 heteroatoms. The molecule has 0 spiro atoms. The number of nitrogens with zero attached hydrogens (tertiary/aromatic N) is 5. The molecule has 6 rings (SSSR count). The highest BCUT2D eigenvalue weighted by molar-refractivity contribution is 7.98. The Morgan fingerprint density at radius 2 is 1.86 bits per heavy atom. The van der Waals surface area contributed by atoms with E-state index in [1.165, 1.54) is 0 Å². The quantitative estimate of drug-likeness (QED) is 0.239. The van der Waals surface area contributed by atoms with E-state index >= 15 is 0 Å². The summed E-state index contributed by atoms with van der Waals surface area (Å²) in [5.41, 5.74) is 8.93. The van der Waals surface area contributed by atoms with Crippen molar-refractivity contribution >= 4 is 29.2 Å². The number of rotatable bonds is 11. The summed E-state index contributed by atoms with van der Waals surface area (Å²) < 4.78 is 9.86. The molecule has 9 nitrogen and oxygen atoms in total. The van der Waals surface area contributed by atoms with Crippen LogP contribution in [-0.4, -0.2) is 55.5 Å². The van der Waals surface area contributed by atoms with Gasteiger partial charge in [0.25, 0.3) is 5.56 Å². The summed E-state index contributed by atoms with van der Waals surface area (Å²) >= 11 is 1.79. The highest BCUT2D eigenvalue weighted by atomic mass is 32.2. The molecule has 1 aliphatic heterocycles. The lowest BCUT2D eigenvalue weighted by atomic mass is 9.91. The minimum absolute atomic E-state index is 0.0134. The number of carbonyl (C=O) groups excluding carboxylic acids is 1. The number of nitrogens with one attached hydrogen (secondary N) is 1. The second-order valence-electron chi connectivity index (χ2n) is 11.3. The predicted octanol–water partition coefficient (Wildman–Crippen LogP) is 5.19. The molecule has 1 amide bonds. The molecule has 0 saturated heterocycles. The molecule has 1 fully saturated rings. The van der Waals surface area contributed by atoms with Crippen LogP contribution in [0, 0.1) is 0 Å². The van der Waals surface area contributed by atoms with Crippen molar-refractivity contribution in [3.8, 4) is 11.1 Å². The van der Waals surface area contributed by atoms with Gasteiger partial charge in [0.05, 0.1) is 30.5 Å². The average Bonchev–Trinajstić information content (AvgIpc) is 3.69. The number of ether oxygens (including phenoxy) is 1. The molecule has 1 saturated carbocycles. The highest BCUT2D eigenvalue weighted by Gasteiger charge is 2.28. The van der Waals surface area contributed by atoms with E-state index in [0.29, 0.717) is 17.9 Å². The number of hydrogen-bond acceptors (Lipinski definition) is 7. The number of thioether (sulfide) groups is 1. The van der Waals surface area contributed by atoms with Gasteiger partial charge in [-0.1, -0.05) is 55.8 Å². The largest absolute Gasteiger partial charge is 0.377 e. The first-order valence-electron chi connectivity index (χ1n) is 15.2. The molecule has 0 radical (unpaired) electrons. The molecule has 0 unspecified atom stereocenters. The van der Waals surface area contributed by atoms with Crippen LogP contribution in [0.15, 0.2) is 64.8 Å². The van der Waals surface area contributed by atoms with E-state index in [9.17, 15) is 9.59 Å². The number of hydrogen-bond donors (Lipinski definition) is 1. The normalized spacial score (nSPS) is 18.7. The summed E-state index contributed by atoms with van der Waals surface area (Å²) in [5.74, 6) is 1.50. The van der Waals surface area contributed by atoms with Gasteiger partial charge in [0.1, 0.15) is 6.33 Å². The van der Waals surface area contributed by atoms with Crippen LogP contribution < -0.4 is 11.0 Å². The molecule has 4 aromatic rings. The van der Waals surface area contributed by atoms with Gasteiger partial charge in [-0.3, -0.25) is 14.2 Å². The molecule has 0 atom stereocenters. The third-order valence-corrected chi connectivity index (χ3v) is 9.04. The fraction of sp³-hybridized carbons (Fsp3) is 0.424. The second kappa shape index (κ2) is 13.3. The van der Waals surface area contributed by atoms with E-state index in [1.807, 2.05) is 27.3 Å². The number of fused-ring (bicyclic) bond motifs is 1. The van der Waals surface area contributed by atoms with Gasteiger partial charge in [0.2, 0.25) is 11.7 Å². The summed E-state index contributed by atoms with van der Waals surface area (Å²) in [6.07, 6.45) is 9.77. The monoisotopic (exact) mass is 598 g/mol. The van der Waals surface area contributed by atoms with E-state index in [4.69, 9.17) is 4.74 Å². The van der Waals surface area contributed by atoms with E-state index in [-0.39, 0.29) is 30.0 Å². The van der Waals surface area contributed by atoms with Crippen LogP contribution >= 0.6 is 11.8 Å². The minimum atomic E-state index is -0.117. The topological polar surface area (TPSA) is 103 Å². The fourth-order valence-corrected chi connectivity index (χ4v) is 6.64. The van der Waals surface area contributed by atoms with Crippen molar-refractivity contribution in [2.24, 2.45) is 5.10 Å². The molecule has 1 N–H and O–H groups in total. The molecular formula is C33H38N6O3S. The molecule has 3 heterocycles. The van der Waals surface area contributed by atoms with Crippen molar-refractivity contribution in [3.05, 3.63) is 87.6 Å². The van der Waals surface area contributed by atoms with E-state index in [0.717, 1.165) is 84.4 Å². The molecule has 2 aliphatic rings. The maximum Gasteiger partial charge on any atom is 0.259 e. The number of benzene rings is 2. The molecular weight excluding hydrogens is 560 g/mol. The minimum Gasteiger partial charge on any atom is -0.377 e. The van der Waals surface area contributed by atoms with Crippen LogP contribution in [0.25, 0.3) is 16.9 Å². The van der Waals surface area contributed by atoms with Gasteiger partial charge in [-0.25, -0.2) is 9.94 Å². The van der Waals surface area contributed by atoms with Crippen LogP contribution in [0.1, 0.15) is 73.9 Å². The van der Waals surface area contributed by atoms with Crippen LogP contribution in [0.3, 0.4) is 0 Å². The van der Waals surface area contributed by atoms with Gasteiger partial charge < -0.3 is 4.74 Å². The Hall–Kier alpha value is -3.76. The lowest BCUT2D eigenvalue weighted by molar-refractivity contribution is -0.119. The predicted molar refractivity (Wildman–Crippen MR) is 171 cm³/mol. The third-order valence-electron chi connectivity index (χ3n) is 8.47. The van der Waals surface area contributed by atoms with Crippen molar-refractivity contribution in [1.29, 1.82) is 0 Å². The first kappa shape index (κ1) is 29.3. The summed E-state index contributed by atoms with van der Waals surface area (Å²) in [7, 11) is 0. The standard InChI is InChI=1S/C33H38N6O3S/c1-3-7-30-28(19-22-10-15-26(23-8-5-4-6-9-23)27(18-22)29-20-31(40)37-36-29)32(41)38(33-34-21-35-39(30)33)24-11-13-25(14-12-24)42-16-17-43-2/h4-6,8-10,15,18,21,24-25H,3,7,11-14,16-17,19-20H2,1-2H3,(H,37,40). The summed E-state index contributed by atoms with van der Waals surface area (Å²) in [6.45, 7) is 2.88. The molecule has 224 valence electrons. The summed E-state index contributed by atoms with van der Waals surface area (Å²) in [4.78, 5) is 31.1. The van der Waals surface area contributed by atoms with Crippen molar-refractivity contribution in [3.63, 3.8) is 0 Å². The average molecular weight is 599 g/mol. The molecule has 43 heavy (non-hydrogen) atoms. The van der Waals surface area contributed by atoms with Gasteiger partial charge in [0.15, 0.2) is 0 Å². The summed E-state index contributed by atoms with van der Waals surface area (Å²) in [6, 6.07) is 16.4. The number of carbonyl (C=O) groups is 1. The van der Waals surface area contributed by atoms with E-state index in [1.54, 1.807) is 18.1 Å². The van der Waals surface area contributed by atoms with Crippen LogP contribution in [-0.2, 0) is 22.4 Å². The SMILES string of the molecule is CCCc1c(Cc2ccc(-c3ccccc3)c(C3=NNC(=O)C3)c2)c(=O)n(C2CCC(OCCSC)CC2)c2ncnn12. The molecule has 0 bridgehead atoms. The molecule has 2 aromatic carbocycles. The molecule has 1 aliphatic carbocycles. The van der Waals surface area contributed by atoms with Gasteiger partial charge in [-0.2, -0.15) is 26.9 Å². The van der Waals surface area contributed by atoms with Gasteiger partial charge >= 0.3 is 0 Å². The van der Waals surface area contributed by atoms with E-state index < -0.39 is 0 Å². The van der Waals surface area contributed by atoms with Crippen molar-refractivity contribution in [2.45, 2.75) is 70.4 Å². The zero-order chi connectivity index (χ0) is 29.8. The van der Waals surface area contributed by atoms with Crippen LogP contribution in [0.4, 0.5) is 0 Å². The first-order valence-corrected chi connectivity index (χ1v) is 16.6. The van der Waals surface area contributed by atoms with Gasteiger partial charge in [-0.05, 0) is 61.1 Å². The first-order chi connectivity index (χ1) is 21.1. The maximum absolute atomic E-state index is 14.4.